The van der Waals surface area contributed by atoms with Gasteiger partial charge in [-0.3, -0.25) is 4.79 Å². The molecule has 0 aromatic carbocycles. The number of fused-ring (bicyclic) bond motifs is 4. The van der Waals surface area contributed by atoms with Crippen LogP contribution in [0.3, 0.4) is 0 Å². The van der Waals surface area contributed by atoms with Gasteiger partial charge in [0.25, 0.3) is 0 Å². The molecule has 10 nitrogen and oxygen atoms in total. The summed E-state index contributed by atoms with van der Waals surface area (Å²) in [5.41, 5.74) is 1.45. The Balaban J connectivity index is 1.49. The number of carboxylic acid groups (broad SMARTS) is 1. The Labute approximate surface area is 201 Å². The van der Waals surface area contributed by atoms with Gasteiger partial charge in [0.05, 0.1) is 28.8 Å². The quantitative estimate of drug-likeness (QED) is 0.370. The first-order valence-electron chi connectivity index (χ1n) is 10.8. The Morgan fingerprint density at radius 2 is 1.97 bits per heavy atom. The van der Waals surface area contributed by atoms with E-state index in [9.17, 15) is 9.90 Å². The van der Waals surface area contributed by atoms with Crippen molar-refractivity contribution in [3.8, 4) is 22.0 Å². The number of aromatic nitrogens is 7. The first kappa shape index (κ1) is 21.3. The second-order valence-corrected chi connectivity index (χ2v) is 9.81. The number of hydrogen-bond acceptors (Lipinski definition) is 9. The molecule has 7 rings (SSSR count). The molecule has 3 aliphatic carbocycles. The van der Waals surface area contributed by atoms with E-state index in [1.54, 1.807) is 6.20 Å². The van der Waals surface area contributed by atoms with Gasteiger partial charge in [0.15, 0.2) is 23.1 Å². The molecule has 0 radical (unpaired) electrons. The number of nitrogens with one attached hydrogen (secondary N) is 2. The highest BCUT2D eigenvalue weighted by atomic mass is 35.5. The van der Waals surface area contributed by atoms with Crippen molar-refractivity contribution in [3.63, 3.8) is 0 Å². The van der Waals surface area contributed by atoms with E-state index in [4.69, 9.17) is 11.6 Å². The molecule has 4 heterocycles. The third-order valence-corrected chi connectivity index (χ3v) is 7.70. The number of halogens is 2. The molecule has 2 bridgehead atoms. The lowest BCUT2D eigenvalue weighted by atomic mass is 9.61. The number of hydrogen-bond donors (Lipinski definition) is 3. The molecule has 3 aliphatic rings. The molecule has 174 valence electrons. The molecular formula is C21H18ClFN8O2S. The molecular weight excluding hydrogens is 483 g/mol. The summed E-state index contributed by atoms with van der Waals surface area (Å²) >= 11 is 7.05. The average Bonchev–Trinajstić information content (AvgIpc) is 3.51. The molecule has 0 aliphatic heterocycles. The van der Waals surface area contributed by atoms with Crippen LogP contribution in [0.2, 0.25) is 5.15 Å². The number of carboxylic acids is 1. The summed E-state index contributed by atoms with van der Waals surface area (Å²) in [4.78, 5) is 33.0. The van der Waals surface area contributed by atoms with Crippen LogP contribution in [0.5, 0.6) is 0 Å². The number of anilines is 1. The Kier molecular flexibility index (Phi) is 5.14. The van der Waals surface area contributed by atoms with Crippen LogP contribution >= 0.6 is 23.1 Å². The van der Waals surface area contributed by atoms with Crippen molar-refractivity contribution in [1.29, 1.82) is 0 Å². The first-order valence-corrected chi connectivity index (χ1v) is 12.0. The Morgan fingerprint density at radius 3 is 2.71 bits per heavy atom. The van der Waals surface area contributed by atoms with E-state index in [1.165, 1.54) is 12.4 Å². The first-order chi connectivity index (χ1) is 16.5. The van der Waals surface area contributed by atoms with Crippen molar-refractivity contribution in [2.75, 3.05) is 5.32 Å². The highest BCUT2D eigenvalue weighted by molar-refractivity contribution is 7.09. The second kappa shape index (κ2) is 8.20. The molecule has 3 fully saturated rings. The van der Waals surface area contributed by atoms with Crippen LogP contribution in [0.4, 0.5) is 10.2 Å². The van der Waals surface area contributed by atoms with E-state index in [0.717, 1.165) is 37.2 Å². The normalized spacial score (nSPS) is 23.9. The maximum atomic E-state index is 15.7. The summed E-state index contributed by atoms with van der Waals surface area (Å²) in [5.74, 6) is -1.80. The summed E-state index contributed by atoms with van der Waals surface area (Å²) in [5, 5.41) is 17.1. The number of carbonyl (C=O) groups is 1. The smallest absolute Gasteiger partial charge is 0.308 e. The van der Waals surface area contributed by atoms with Gasteiger partial charge in [-0.25, -0.2) is 24.3 Å². The molecule has 3 saturated carbocycles. The highest BCUT2D eigenvalue weighted by Gasteiger charge is 2.47. The molecule has 0 unspecified atom stereocenters. The van der Waals surface area contributed by atoms with Gasteiger partial charge < -0.3 is 15.4 Å². The molecule has 3 N–H and O–H groups in total. The van der Waals surface area contributed by atoms with E-state index in [0.29, 0.717) is 21.6 Å². The van der Waals surface area contributed by atoms with E-state index in [2.05, 4.69) is 39.8 Å². The summed E-state index contributed by atoms with van der Waals surface area (Å²) in [6, 6.07) is -0.424. The fourth-order valence-electron chi connectivity index (χ4n) is 5.31. The van der Waals surface area contributed by atoms with Crippen molar-refractivity contribution < 1.29 is 14.3 Å². The molecule has 0 spiro atoms. The van der Waals surface area contributed by atoms with Gasteiger partial charge in [-0.2, -0.15) is 0 Å². The minimum absolute atomic E-state index is 0.0275. The number of aliphatic carboxylic acids is 1. The number of nitrogens with zero attached hydrogens (tertiary/aromatic N) is 6. The van der Waals surface area contributed by atoms with E-state index < -0.39 is 23.7 Å². The minimum atomic E-state index is -0.866. The lowest BCUT2D eigenvalue weighted by Crippen LogP contribution is -2.51. The summed E-state index contributed by atoms with van der Waals surface area (Å²) in [6.07, 6.45) is 8.06. The zero-order valence-electron chi connectivity index (χ0n) is 17.6. The van der Waals surface area contributed by atoms with Crippen LogP contribution < -0.4 is 5.32 Å². The van der Waals surface area contributed by atoms with Crippen LogP contribution in [-0.2, 0) is 4.79 Å². The Hall–Kier alpha value is -3.25. The largest absolute Gasteiger partial charge is 0.481 e. The molecule has 34 heavy (non-hydrogen) atoms. The van der Waals surface area contributed by atoms with Crippen molar-refractivity contribution in [3.05, 3.63) is 29.6 Å². The zero-order valence-corrected chi connectivity index (χ0v) is 19.1. The van der Waals surface area contributed by atoms with E-state index in [1.807, 2.05) is 0 Å². The van der Waals surface area contributed by atoms with Crippen LogP contribution in [0, 0.1) is 23.6 Å². The van der Waals surface area contributed by atoms with Crippen LogP contribution in [-0.4, -0.2) is 51.6 Å². The van der Waals surface area contributed by atoms with Crippen molar-refractivity contribution >= 4 is 46.1 Å². The third kappa shape index (κ3) is 3.48. The standard InChI is InChI=1S/C21H18ClFN8O2S/c22-12-7-25-20-16(27-12)10(5-24-20)18-29-17(11-6-26-31-34-11)14(23)19(30-18)28-15-9-3-1-8(2-4-9)13(15)21(32)33/h5-9,13,15H,1-4H2,(H,24,25)(H,32,33)(H,28,29,30)/t8?,9?,13-,15-/m1/s1. The predicted octanol–water partition coefficient (Wildman–Crippen LogP) is 4.03. The summed E-state index contributed by atoms with van der Waals surface area (Å²) in [7, 11) is 0. The topological polar surface area (TPSA) is 142 Å². The van der Waals surface area contributed by atoms with Crippen molar-refractivity contribution in [2.24, 2.45) is 17.8 Å². The molecule has 4 aromatic heterocycles. The minimum Gasteiger partial charge on any atom is -0.481 e. The molecule has 0 amide bonds. The number of H-pyrrole nitrogens is 1. The maximum absolute atomic E-state index is 15.7. The predicted molar refractivity (Wildman–Crippen MR) is 123 cm³/mol. The van der Waals surface area contributed by atoms with Gasteiger partial charge in [-0.05, 0) is 49.1 Å². The van der Waals surface area contributed by atoms with Crippen molar-refractivity contribution in [1.82, 2.24) is 34.5 Å². The lowest BCUT2D eigenvalue weighted by Gasteiger charge is -2.47. The average molecular weight is 501 g/mol. The molecule has 2 atom stereocenters. The van der Waals surface area contributed by atoms with Crippen LogP contribution in [0.1, 0.15) is 25.7 Å². The second-order valence-electron chi connectivity index (χ2n) is 8.64. The molecule has 13 heteroatoms. The molecule has 0 saturated heterocycles. The molecule has 4 aromatic rings. The Morgan fingerprint density at radius 1 is 1.18 bits per heavy atom. The fourth-order valence-corrected chi connectivity index (χ4v) is 5.94. The van der Waals surface area contributed by atoms with Crippen LogP contribution in [0.15, 0.2) is 18.6 Å². The lowest BCUT2D eigenvalue weighted by molar-refractivity contribution is -0.148. The summed E-state index contributed by atoms with van der Waals surface area (Å²) in [6.45, 7) is 0. The fraction of sp³-hybridized carbons (Fsp3) is 0.381. The van der Waals surface area contributed by atoms with E-state index in [-0.39, 0.29) is 34.3 Å². The third-order valence-electron chi connectivity index (χ3n) is 6.85. The van der Waals surface area contributed by atoms with Gasteiger partial charge in [0.1, 0.15) is 16.4 Å². The monoisotopic (exact) mass is 500 g/mol. The van der Waals surface area contributed by atoms with Gasteiger partial charge in [0, 0.05) is 12.2 Å². The Bertz CT molecular complexity index is 1390. The summed E-state index contributed by atoms with van der Waals surface area (Å²) < 4.78 is 19.5. The maximum Gasteiger partial charge on any atom is 0.308 e. The highest BCUT2D eigenvalue weighted by Crippen LogP contribution is 2.46. The van der Waals surface area contributed by atoms with Gasteiger partial charge in [-0.15, -0.1) is 5.10 Å². The van der Waals surface area contributed by atoms with Crippen molar-refractivity contribution in [2.45, 2.75) is 31.7 Å². The number of rotatable bonds is 5. The van der Waals surface area contributed by atoms with E-state index >= 15 is 4.39 Å². The SMILES string of the molecule is O=C(O)[C@@H]1C2CCC(CC2)[C@H]1Nc1nc(-c2c[nH]c3ncc(Cl)nc23)nc(-c2cnns2)c1F. The number of aromatic amines is 1. The van der Waals surface area contributed by atoms with Crippen LogP contribution in [0.25, 0.3) is 33.1 Å². The van der Waals surface area contributed by atoms with Gasteiger partial charge in [-0.1, -0.05) is 16.1 Å². The van der Waals surface area contributed by atoms with Gasteiger partial charge in [0.2, 0.25) is 0 Å². The zero-order chi connectivity index (χ0) is 23.4. The van der Waals surface area contributed by atoms with Gasteiger partial charge >= 0.3 is 5.97 Å².